The molecule has 0 aliphatic rings. The van der Waals surface area contributed by atoms with E-state index in [1.807, 2.05) is 0 Å². The summed E-state index contributed by atoms with van der Waals surface area (Å²) in [6, 6.07) is 5.74. The number of hydrogen-bond donors (Lipinski definition) is 2. The molecule has 0 atom stereocenters. The van der Waals surface area contributed by atoms with Crippen molar-refractivity contribution in [1.29, 1.82) is 0 Å². The van der Waals surface area contributed by atoms with Gasteiger partial charge in [-0.2, -0.15) is 0 Å². The molecule has 1 aromatic heterocycles. The third-order valence-electron chi connectivity index (χ3n) is 3.47. The fourth-order valence-electron chi connectivity index (χ4n) is 2.25. The molecule has 8 heteroatoms. The van der Waals surface area contributed by atoms with Gasteiger partial charge in [0.25, 0.3) is 5.91 Å². The van der Waals surface area contributed by atoms with Crippen molar-refractivity contribution in [3.05, 3.63) is 52.5 Å². The monoisotopic (exact) mass is 351 g/mol. The van der Waals surface area contributed by atoms with Crippen LogP contribution in [0.15, 0.2) is 33.6 Å². The summed E-state index contributed by atoms with van der Waals surface area (Å²) in [6.07, 6.45) is 1.08. The van der Waals surface area contributed by atoms with Crippen molar-refractivity contribution in [1.82, 2.24) is 5.32 Å². The molecule has 24 heavy (non-hydrogen) atoms. The molecule has 2 N–H and O–H groups in total. The lowest BCUT2D eigenvalue weighted by atomic mass is 10.1. The summed E-state index contributed by atoms with van der Waals surface area (Å²) in [6.45, 7) is 3.17. The Bertz CT molecular complexity index is 911. The zero-order chi connectivity index (χ0) is 18.1. The summed E-state index contributed by atoms with van der Waals surface area (Å²) in [4.78, 5) is 23.2. The standard InChI is InChI=1S/C16H17NO6S/c1-9-4-5-11(6-14(9)24(3,21)22)15(18)17-8-12-7-13(16(19)20)10(2)23-12/h4-7H,8H2,1-3H3,(H,17,18)(H,19,20). The Labute approximate surface area is 139 Å². The number of aromatic carboxylic acids is 1. The zero-order valence-electron chi connectivity index (χ0n) is 13.4. The first-order valence-electron chi connectivity index (χ1n) is 7.01. The Kier molecular flexibility index (Phi) is 4.79. The summed E-state index contributed by atoms with van der Waals surface area (Å²) in [5.74, 6) is -1.04. The molecule has 7 nitrogen and oxygen atoms in total. The Hall–Kier alpha value is -2.61. The Morgan fingerprint density at radius 1 is 1.21 bits per heavy atom. The highest BCUT2D eigenvalue weighted by molar-refractivity contribution is 7.90. The fourth-order valence-corrected chi connectivity index (χ4v) is 3.25. The average Bonchev–Trinajstić information content (AvgIpc) is 2.85. The number of sulfone groups is 1. The third kappa shape index (κ3) is 3.83. The van der Waals surface area contributed by atoms with Crippen LogP contribution >= 0.6 is 0 Å². The molecule has 0 bridgehead atoms. The van der Waals surface area contributed by atoms with Crippen molar-refractivity contribution < 1.29 is 27.5 Å². The van der Waals surface area contributed by atoms with Gasteiger partial charge in [0.1, 0.15) is 17.1 Å². The SMILES string of the molecule is Cc1ccc(C(=O)NCc2cc(C(=O)O)c(C)o2)cc1S(C)(=O)=O. The Balaban J connectivity index is 2.16. The van der Waals surface area contributed by atoms with Crippen molar-refractivity contribution in [2.75, 3.05) is 6.26 Å². The van der Waals surface area contributed by atoms with Gasteiger partial charge in [0, 0.05) is 11.8 Å². The van der Waals surface area contributed by atoms with E-state index in [1.165, 1.54) is 25.1 Å². The third-order valence-corrected chi connectivity index (χ3v) is 4.71. The molecule has 0 fully saturated rings. The van der Waals surface area contributed by atoms with Crippen LogP contribution in [0.2, 0.25) is 0 Å². The molecule has 1 aromatic carbocycles. The molecule has 0 radical (unpaired) electrons. The van der Waals surface area contributed by atoms with Crippen LogP contribution < -0.4 is 5.32 Å². The van der Waals surface area contributed by atoms with Gasteiger partial charge in [-0.1, -0.05) is 6.07 Å². The number of carboxylic acids is 1. The molecule has 1 amide bonds. The molecular formula is C16H17NO6S. The number of furan rings is 1. The molecule has 0 aliphatic heterocycles. The number of hydrogen-bond acceptors (Lipinski definition) is 5. The number of benzene rings is 1. The number of aryl methyl sites for hydroxylation is 2. The van der Waals surface area contributed by atoms with Crippen molar-refractivity contribution in [3.8, 4) is 0 Å². The normalized spacial score (nSPS) is 11.3. The first-order valence-corrected chi connectivity index (χ1v) is 8.90. The van der Waals surface area contributed by atoms with Crippen LogP contribution in [0.5, 0.6) is 0 Å². The Morgan fingerprint density at radius 2 is 1.88 bits per heavy atom. The van der Waals surface area contributed by atoms with E-state index in [0.29, 0.717) is 11.3 Å². The first kappa shape index (κ1) is 17.7. The van der Waals surface area contributed by atoms with Crippen molar-refractivity contribution in [3.63, 3.8) is 0 Å². The quantitative estimate of drug-likeness (QED) is 0.851. The van der Waals surface area contributed by atoms with Gasteiger partial charge >= 0.3 is 5.97 Å². The van der Waals surface area contributed by atoms with Gasteiger partial charge in [-0.05, 0) is 37.6 Å². The first-order chi connectivity index (χ1) is 11.1. The summed E-state index contributed by atoms with van der Waals surface area (Å²) in [5, 5.41) is 11.5. The number of carbonyl (C=O) groups is 2. The highest BCUT2D eigenvalue weighted by Crippen LogP contribution is 2.18. The van der Waals surface area contributed by atoms with E-state index in [4.69, 9.17) is 9.52 Å². The maximum absolute atomic E-state index is 12.2. The van der Waals surface area contributed by atoms with E-state index >= 15 is 0 Å². The minimum absolute atomic E-state index is 0.00492. The smallest absolute Gasteiger partial charge is 0.339 e. The van der Waals surface area contributed by atoms with E-state index < -0.39 is 21.7 Å². The number of carboxylic acid groups (broad SMARTS) is 1. The number of carbonyl (C=O) groups excluding carboxylic acids is 1. The maximum Gasteiger partial charge on any atom is 0.339 e. The molecule has 1 heterocycles. The lowest BCUT2D eigenvalue weighted by Crippen LogP contribution is -2.23. The second-order valence-electron chi connectivity index (χ2n) is 5.42. The van der Waals surface area contributed by atoms with Crippen molar-refractivity contribution in [2.45, 2.75) is 25.3 Å². The summed E-state index contributed by atoms with van der Waals surface area (Å²) < 4.78 is 28.7. The van der Waals surface area contributed by atoms with Gasteiger partial charge in [0.2, 0.25) is 0 Å². The topological polar surface area (TPSA) is 114 Å². The number of rotatable bonds is 5. The van der Waals surface area contributed by atoms with Gasteiger partial charge in [-0.3, -0.25) is 4.79 Å². The highest BCUT2D eigenvalue weighted by Gasteiger charge is 2.16. The van der Waals surface area contributed by atoms with Gasteiger partial charge in [0.05, 0.1) is 11.4 Å². The van der Waals surface area contributed by atoms with Gasteiger partial charge in [0.15, 0.2) is 9.84 Å². The van der Waals surface area contributed by atoms with Crippen LogP contribution in [-0.2, 0) is 16.4 Å². The molecule has 0 saturated carbocycles. The van der Waals surface area contributed by atoms with Crippen LogP contribution in [0.1, 0.15) is 37.8 Å². The van der Waals surface area contributed by atoms with Crippen LogP contribution in [0.3, 0.4) is 0 Å². The minimum atomic E-state index is -3.43. The Morgan fingerprint density at radius 3 is 2.42 bits per heavy atom. The van der Waals surface area contributed by atoms with Gasteiger partial charge in [-0.15, -0.1) is 0 Å². The van der Waals surface area contributed by atoms with Crippen molar-refractivity contribution >= 4 is 21.7 Å². The molecule has 2 aromatic rings. The molecule has 0 saturated heterocycles. The highest BCUT2D eigenvalue weighted by atomic mass is 32.2. The van der Waals surface area contributed by atoms with Crippen LogP contribution in [0.25, 0.3) is 0 Å². The second kappa shape index (κ2) is 6.48. The molecule has 2 rings (SSSR count). The summed E-state index contributed by atoms with van der Waals surface area (Å²) in [7, 11) is -3.43. The van der Waals surface area contributed by atoms with Crippen LogP contribution in [-0.4, -0.2) is 31.7 Å². The van der Waals surface area contributed by atoms with Gasteiger partial charge in [-0.25, -0.2) is 13.2 Å². The van der Waals surface area contributed by atoms with Crippen LogP contribution in [0.4, 0.5) is 0 Å². The zero-order valence-corrected chi connectivity index (χ0v) is 14.2. The largest absolute Gasteiger partial charge is 0.478 e. The van der Waals surface area contributed by atoms with E-state index in [0.717, 1.165) is 6.26 Å². The lowest BCUT2D eigenvalue weighted by Gasteiger charge is -2.07. The van der Waals surface area contributed by atoms with Crippen molar-refractivity contribution in [2.24, 2.45) is 0 Å². The lowest BCUT2D eigenvalue weighted by molar-refractivity contribution is 0.0694. The van der Waals surface area contributed by atoms with E-state index in [1.54, 1.807) is 13.0 Å². The molecule has 128 valence electrons. The molecule has 0 unspecified atom stereocenters. The van der Waals surface area contributed by atoms with Crippen LogP contribution in [0, 0.1) is 13.8 Å². The molecular weight excluding hydrogens is 334 g/mol. The summed E-state index contributed by atoms with van der Waals surface area (Å²) >= 11 is 0. The molecule has 0 spiro atoms. The predicted molar refractivity (Wildman–Crippen MR) is 85.9 cm³/mol. The number of nitrogens with one attached hydrogen (secondary N) is 1. The predicted octanol–water partition coefficient (Wildman–Crippen LogP) is 1.93. The second-order valence-corrected chi connectivity index (χ2v) is 7.41. The van der Waals surface area contributed by atoms with Gasteiger partial charge < -0.3 is 14.8 Å². The maximum atomic E-state index is 12.2. The number of amides is 1. The van der Waals surface area contributed by atoms with E-state index in [2.05, 4.69) is 5.32 Å². The molecule has 0 aliphatic carbocycles. The van der Waals surface area contributed by atoms with E-state index in [-0.39, 0.29) is 28.3 Å². The fraction of sp³-hybridized carbons (Fsp3) is 0.250. The minimum Gasteiger partial charge on any atom is -0.478 e. The van der Waals surface area contributed by atoms with E-state index in [9.17, 15) is 18.0 Å². The average molecular weight is 351 g/mol. The summed E-state index contributed by atoms with van der Waals surface area (Å²) in [5.41, 5.74) is 0.790.